The molecule has 0 heterocycles. The molecule has 0 N–H and O–H groups in total. The van der Waals surface area contributed by atoms with Crippen molar-refractivity contribution in [1.29, 1.82) is 0 Å². The summed E-state index contributed by atoms with van der Waals surface area (Å²) in [6.07, 6.45) is 36.6. The topological polar surface area (TPSA) is 78.9 Å². The van der Waals surface area contributed by atoms with E-state index in [2.05, 4.69) is 41.5 Å². The van der Waals surface area contributed by atoms with Gasteiger partial charge in [0.25, 0.3) is 0 Å². The van der Waals surface area contributed by atoms with Crippen LogP contribution in [0.1, 0.15) is 253 Å². The van der Waals surface area contributed by atoms with Gasteiger partial charge in [0.1, 0.15) is 13.2 Å². The van der Waals surface area contributed by atoms with Crippen molar-refractivity contribution < 1.29 is 28.6 Å². The summed E-state index contributed by atoms with van der Waals surface area (Å²) in [6.45, 7) is 13.7. The molecule has 54 heavy (non-hydrogen) atoms. The van der Waals surface area contributed by atoms with Gasteiger partial charge in [-0.3, -0.25) is 14.4 Å². The van der Waals surface area contributed by atoms with E-state index in [0.717, 1.165) is 75.5 Å². The van der Waals surface area contributed by atoms with Crippen molar-refractivity contribution in [1.82, 2.24) is 0 Å². The summed E-state index contributed by atoms with van der Waals surface area (Å²) in [7, 11) is 0. The summed E-state index contributed by atoms with van der Waals surface area (Å²) in [5.41, 5.74) is 0. The normalized spacial score (nSPS) is 13.2. The molecule has 0 rings (SSSR count). The molecule has 2 unspecified atom stereocenters. The molecule has 3 atom stereocenters. The number of esters is 3. The van der Waals surface area contributed by atoms with Gasteiger partial charge in [-0.2, -0.15) is 0 Å². The van der Waals surface area contributed by atoms with Crippen molar-refractivity contribution in [2.45, 2.75) is 260 Å². The molecule has 0 aliphatic rings. The highest BCUT2D eigenvalue weighted by Crippen LogP contribution is 2.18. The molecular formula is C48H92O6. The maximum Gasteiger partial charge on any atom is 0.306 e. The van der Waals surface area contributed by atoms with Crippen molar-refractivity contribution in [3.63, 3.8) is 0 Å². The number of ether oxygens (including phenoxy) is 3. The van der Waals surface area contributed by atoms with Crippen LogP contribution in [0.2, 0.25) is 0 Å². The lowest BCUT2D eigenvalue weighted by Gasteiger charge is -2.18. The third-order valence-corrected chi connectivity index (χ3v) is 11.4. The SMILES string of the molecule is CCC(C)CCCCCCCCCCC(=O)OC[C@@H](COC(=O)CCCCCCCCCCCCCC(C)C)OC(=O)CCCCCCCCC(C)CC. The minimum Gasteiger partial charge on any atom is -0.462 e. The number of rotatable bonds is 41. The number of carbonyl (C=O) groups excluding carboxylic acids is 3. The van der Waals surface area contributed by atoms with Crippen LogP contribution in [-0.4, -0.2) is 37.2 Å². The minimum absolute atomic E-state index is 0.0666. The van der Waals surface area contributed by atoms with Crippen LogP contribution >= 0.6 is 0 Å². The van der Waals surface area contributed by atoms with Gasteiger partial charge >= 0.3 is 17.9 Å². The lowest BCUT2D eigenvalue weighted by Crippen LogP contribution is -2.30. The van der Waals surface area contributed by atoms with Gasteiger partial charge < -0.3 is 14.2 Å². The molecule has 0 aromatic rings. The molecule has 0 aromatic heterocycles. The highest BCUT2D eigenvalue weighted by Gasteiger charge is 2.19. The van der Waals surface area contributed by atoms with Crippen LogP contribution in [0.3, 0.4) is 0 Å². The molecule has 0 spiro atoms. The van der Waals surface area contributed by atoms with Crippen molar-refractivity contribution >= 4 is 17.9 Å². The lowest BCUT2D eigenvalue weighted by atomic mass is 9.99. The number of unbranched alkanes of at least 4 members (excludes halogenated alkanes) is 22. The summed E-state index contributed by atoms with van der Waals surface area (Å²) >= 11 is 0. The van der Waals surface area contributed by atoms with Crippen LogP contribution in [0.4, 0.5) is 0 Å². The van der Waals surface area contributed by atoms with Gasteiger partial charge in [-0.05, 0) is 37.0 Å². The Balaban J connectivity index is 4.34. The molecule has 0 aromatic carbocycles. The van der Waals surface area contributed by atoms with Crippen molar-refractivity contribution in [2.75, 3.05) is 13.2 Å². The van der Waals surface area contributed by atoms with E-state index in [4.69, 9.17) is 14.2 Å². The van der Waals surface area contributed by atoms with Gasteiger partial charge in [-0.15, -0.1) is 0 Å². The highest BCUT2D eigenvalue weighted by molar-refractivity contribution is 5.71. The van der Waals surface area contributed by atoms with E-state index in [0.29, 0.717) is 19.3 Å². The Labute approximate surface area is 336 Å². The Bertz CT molecular complexity index is 841. The second kappa shape index (κ2) is 39.6. The molecule has 0 aliphatic heterocycles. The molecule has 0 saturated heterocycles. The molecule has 6 nitrogen and oxygen atoms in total. The predicted molar refractivity (Wildman–Crippen MR) is 229 cm³/mol. The van der Waals surface area contributed by atoms with E-state index in [9.17, 15) is 14.4 Å². The molecule has 0 amide bonds. The molecule has 0 saturated carbocycles. The monoisotopic (exact) mass is 765 g/mol. The van der Waals surface area contributed by atoms with Crippen molar-refractivity contribution in [3.05, 3.63) is 0 Å². The van der Waals surface area contributed by atoms with Crippen LogP contribution in [0.5, 0.6) is 0 Å². The van der Waals surface area contributed by atoms with Gasteiger partial charge in [0.2, 0.25) is 0 Å². The fourth-order valence-corrected chi connectivity index (χ4v) is 6.99. The maximum atomic E-state index is 12.7. The fraction of sp³-hybridized carbons (Fsp3) is 0.938. The van der Waals surface area contributed by atoms with Crippen LogP contribution in [0, 0.1) is 17.8 Å². The zero-order chi connectivity index (χ0) is 39.9. The largest absolute Gasteiger partial charge is 0.462 e. The third-order valence-electron chi connectivity index (χ3n) is 11.4. The first-order valence-corrected chi connectivity index (χ1v) is 23.7. The van der Waals surface area contributed by atoms with Gasteiger partial charge in [-0.25, -0.2) is 0 Å². The number of hydrogen-bond donors (Lipinski definition) is 0. The van der Waals surface area contributed by atoms with Crippen LogP contribution in [0.15, 0.2) is 0 Å². The van der Waals surface area contributed by atoms with E-state index in [-0.39, 0.29) is 31.1 Å². The Kier molecular flexibility index (Phi) is 38.5. The van der Waals surface area contributed by atoms with E-state index in [1.807, 2.05) is 0 Å². The van der Waals surface area contributed by atoms with E-state index in [1.165, 1.54) is 135 Å². The number of carbonyl (C=O) groups is 3. The average Bonchev–Trinajstić information content (AvgIpc) is 3.15. The lowest BCUT2D eigenvalue weighted by molar-refractivity contribution is -0.167. The molecule has 0 aliphatic carbocycles. The predicted octanol–water partition coefficient (Wildman–Crippen LogP) is 14.8. The van der Waals surface area contributed by atoms with Crippen LogP contribution < -0.4 is 0 Å². The maximum absolute atomic E-state index is 12.7. The molecular weight excluding hydrogens is 673 g/mol. The zero-order valence-corrected chi connectivity index (χ0v) is 37.0. The Hall–Kier alpha value is -1.59. The summed E-state index contributed by atoms with van der Waals surface area (Å²) < 4.78 is 16.7. The summed E-state index contributed by atoms with van der Waals surface area (Å²) in [5.74, 6) is 1.62. The Morgan fingerprint density at radius 3 is 0.963 bits per heavy atom. The van der Waals surface area contributed by atoms with E-state index in [1.54, 1.807) is 0 Å². The van der Waals surface area contributed by atoms with E-state index >= 15 is 0 Å². The van der Waals surface area contributed by atoms with Crippen molar-refractivity contribution in [2.24, 2.45) is 17.8 Å². The Morgan fingerprint density at radius 1 is 0.370 bits per heavy atom. The Morgan fingerprint density at radius 2 is 0.648 bits per heavy atom. The quantitative estimate of drug-likeness (QED) is 0.0350. The molecule has 6 heteroatoms. The first-order chi connectivity index (χ1) is 26.2. The third kappa shape index (κ3) is 38.7. The summed E-state index contributed by atoms with van der Waals surface area (Å²) in [4.78, 5) is 37.8. The van der Waals surface area contributed by atoms with E-state index < -0.39 is 6.10 Å². The first-order valence-electron chi connectivity index (χ1n) is 23.7. The fourth-order valence-electron chi connectivity index (χ4n) is 6.99. The second-order valence-electron chi connectivity index (χ2n) is 17.4. The molecule has 0 fully saturated rings. The standard InChI is InChI=1S/C48H92O6/c1-7-43(5)35-29-23-17-14-15-19-26-32-38-47(50)53-41-45(54-48(51)39-33-27-21-20-24-30-36-44(6)8-2)40-52-46(49)37-31-25-18-13-11-9-10-12-16-22-28-34-42(3)4/h42-45H,7-41H2,1-6H3/t43?,44?,45-/m1/s1. The van der Waals surface area contributed by atoms with Gasteiger partial charge in [-0.1, -0.05) is 215 Å². The van der Waals surface area contributed by atoms with Crippen LogP contribution in [0.25, 0.3) is 0 Å². The van der Waals surface area contributed by atoms with Gasteiger partial charge in [0, 0.05) is 19.3 Å². The summed E-state index contributed by atoms with van der Waals surface area (Å²) in [5, 5.41) is 0. The smallest absolute Gasteiger partial charge is 0.306 e. The highest BCUT2D eigenvalue weighted by atomic mass is 16.6. The zero-order valence-electron chi connectivity index (χ0n) is 37.0. The van der Waals surface area contributed by atoms with Crippen molar-refractivity contribution in [3.8, 4) is 0 Å². The molecule has 0 bridgehead atoms. The molecule has 320 valence electrons. The second-order valence-corrected chi connectivity index (χ2v) is 17.4. The first kappa shape index (κ1) is 52.4. The van der Waals surface area contributed by atoms with Gasteiger partial charge in [0.05, 0.1) is 0 Å². The average molecular weight is 765 g/mol. The molecule has 0 radical (unpaired) electrons. The van der Waals surface area contributed by atoms with Crippen LogP contribution in [-0.2, 0) is 28.6 Å². The van der Waals surface area contributed by atoms with Gasteiger partial charge in [0.15, 0.2) is 6.10 Å². The summed E-state index contributed by atoms with van der Waals surface area (Å²) in [6, 6.07) is 0. The minimum atomic E-state index is -0.763. The number of hydrogen-bond acceptors (Lipinski definition) is 6.